The van der Waals surface area contributed by atoms with Crippen molar-refractivity contribution in [3.05, 3.63) is 59.7 Å². The van der Waals surface area contributed by atoms with Crippen molar-refractivity contribution in [2.24, 2.45) is 0 Å². The summed E-state index contributed by atoms with van der Waals surface area (Å²) in [7, 11) is 0. The van der Waals surface area contributed by atoms with Crippen molar-refractivity contribution in [3.8, 4) is 11.5 Å². The molecule has 3 atom stereocenters. The second-order valence-electron chi connectivity index (χ2n) is 13.0. The van der Waals surface area contributed by atoms with Gasteiger partial charge in [0, 0.05) is 25.9 Å². The van der Waals surface area contributed by atoms with E-state index in [-0.39, 0.29) is 52.4 Å². The van der Waals surface area contributed by atoms with Crippen LogP contribution in [0, 0.1) is 0 Å². The minimum atomic E-state index is -1.05. The zero-order chi connectivity index (χ0) is 37.8. The van der Waals surface area contributed by atoms with E-state index < -0.39 is 47.8 Å². The van der Waals surface area contributed by atoms with Crippen LogP contribution in [0.25, 0.3) is 0 Å². The van der Waals surface area contributed by atoms with Crippen LogP contribution in [0.2, 0.25) is 0 Å². The number of amides is 6. The van der Waals surface area contributed by atoms with Crippen LogP contribution in [-0.2, 0) is 41.5 Å². The number of nitrogens with one attached hydrogen (secondary N) is 5. The van der Waals surface area contributed by atoms with E-state index in [1.165, 1.54) is 4.90 Å². The van der Waals surface area contributed by atoms with Gasteiger partial charge in [-0.15, -0.1) is 0 Å². The first-order valence-corrected chi connectivity index (χ1v) is 18.6. The molecule has 4 rings (SSSR count). The van der Waals surface area contributed by atoms with Gasteiger partial charge in [0.15, 0.2) is 0 Å². The molecule has 15 heteroatoms. The third kappa shape index (κ3) is 13.9. The fourth-order valence-electron chi connectivity index (χ4n) is 5.80. The van der Waals surface area contributed by atoms with Gasteiger partial charge in [0.25, 0.3) is 11.8 Å². The van der Waals surface area contributed by atoms with Crippen LogP contribution in [0.5, 0.6) is 11.5 Å². The van der Waals surface area contributed by atoms with Gasteiger partial charge in [-0.3, -0.25) is 30.0 Å². The average Bonchev–Trinajstić information content (AvgIpc) is 3.66. The van der Waals surface area contributed by atoms with Gasteiger partial charge < -0.3 is 39.8 Å². The lowest BCUT2D eigenvalue weighted by Crippen LogP contribution is -2.58. The molecule has 290 valence electrons. The fraction of sp³-hybridized carbons (Fsp3) is 0.553. The number of carbonyl (C=O) groups excluding carboxylic acids is 5. The summed E-state index contributed by atoms with van der Waals surface area (Å²) in [5.74, 6) is -0.787. The monoisotopic (exact) mass is 738 g/mol. The van der Waals surface area contributed by atoms with Crippen molar-refractivity contribution in [1.29, 1.82) is 0 Å². The van der Waals surface area contributed by atoms with Gasteiger partial charge in [-0.1, -0.05) is 51.0 Å². The summed E-state index contributed by atoms with van der Waals surface area (Å²) in [5, 5.41) is 8.31. The molecule has 15 nitrogen and oxygen atoms in total. The Hall–Kier alpha value is -4.89. The van der Waals surface area contributed by atoms with Crippen LogP contribution >= 0.6 is 0 Å². The highest BCUT2D eigenvalue weighted by molar-refractivity contribution is 5.93. The number of ether oxygens (including phenoxy) is 4. The maximum absolute atomic E-state index is 13.6. The molecule has 0 radical (unpaired) electrons. The van der Waals surface area contributed by atoms with Gasteiger partial charge in [0.05, 0.1) is 33.0 Å². The molecule has 53 heavy (non-hydrogen) atoms. The van der Waals surface area contributed by atoms with Crippen molar-refractivity contribution in [1.82, 2.24) is 31.7 Å². The Labute approximate surface area is 311 Å². The van der Waals surface area contributed by atoms with Crippen molar-refractivity contribution < 1.29 is 42.9 Å². The number of hydrogen-bond donors (Lipinski definition) is 5. The second kappa shape index (κ2) is 22.2. The second-order valence-corrected chi connectivity index (χ2v) is 13.0. The van der Waals surface area contributed by atoms with Gasteiger partial charge in [0.2, 0.25) is 11.8 Å². The molecule has 2 fully saturated rings. The summed E-state index contributed by atoms with van der Waals surface area (Å²) in [6, 6.07) is 11.1. The molecular weight excluding hydrogens is 684 g/mol. The summed E-state index contributed by atoms with van der Waals surface area (Å²) >= 11 is 0. The third-order valence-electron chi connectivity index (χ3n) is 8.80. The van der Waals surface area contributed by atoms with Gasteiger partial charge in [0.1, 0.15) is 36.2 Å². The van der Waals surface area contributed by atoms with Crippen molar-refractivity contribution >= 4 is 29.7 Å². The number of nitrogens with zero attached hydrogens (tertiary/aromatic N) is 1. The first-order valence-electron chi connectivity index (χ1n) is 18.6. The first kappa shape index (κ1) is 40.9. The van der Waals surface area contributed by atoms with E-state index in [2.05, 4.69) is 40.6 Å². The number of hydrazine groups is 1. The molecule has 2 aromatic carbocycles. The summed E-state index contributed by atoms with van der Waals surface area (Å²) in [6.45, 7) is 5.94. The summed E-state index contributed by atoms with van der Waals surface area (Å²) in [5.41, 5.74) is 6.42. The minimum absolute atomic E-state index is 0.0990. The van der Waals surface area contributed by atoms with E-state index in [1.807, 2.05) is 36.4 Å². The first-order chi connectivity index (χ1) is 25.8. The Morgan fingerprint density at radius 1 is 0.698 bits per heavy atom. The Bertz CT molecular complexity index is 1470. The number of carbonyl (C=O) groups is 5. The Morgan fingerprint density at radius 2 is 1.26 bits per heavy atom. The van der Waals surface area contributed by atoms with Gasteiger partial charge in [-0.05, 0) is 61.1 Å². The summed E-state index contributed by atoms with van der Waals surface area (Å²) in [4.78, 5) is 67.9. The molecule has 1 unspecified atom stereocenters. The maximum atomic E-state index is 13.6. The zero-order valence-corrected chi connectivity index (χ0v) is 30.8. The molecule has 2 saturated heterocycles. The lowest BCUT2D eigenvalue weighted by molar-refractivity contribution is -0.134. The fourth-order valence-corrected chi connectivity index (χ4v) is 5.80. The zero-order valence-electron chi connectivity index (χ0n) is 30.8. The van der Waals surface area contributed by atoms with E-state index in [9.17, 15) is 24.0 Å². The van der Waals surface area contributed by atoms with Crippen molar-refractivity contribution in [2.45, 2.75) is 83.3 Å². The molecule has 0 spiro atoms. The molecule has 0 saturated carbocycles. The van der Waals surface area contributed by atoms with E-state index in [0.717, 1.165) is 42.6 Å². The summed E-state index contributed by atoms with van der Waals surface area (Å²) < 4.78 is 22.5. The van der Waals surface area contributed by atoms with Crippen LogP contribution in [0.4, 0.5) is 4.79 Å². The van der Waals surface area contributed by atoms with Crippen LogP contribution in [0.15, 0.2) is 48.5 Å². The number of benzene rings is 2. The number of rotatable bonds is 12. The Morgan fingerprint density at radius 3 is 1.87 bits per heavy atom. The highest BCUT2D eigenvalue weighted by Gasteiger charge is 2.36. The minimum Gasteiger partial charge on any atom is -0.494 e. The topological polar surface area (TPSA) is 186 Å². The molecule has 2 aliphatic rings. The predicted molar refractivity (Wildman–Crippen MR) is 196 cm³/mol. The molecule has 2 aromatic rings. The average molecular weight is 739 g/mol. The maximum Gasteiger partial charge on any atom is 0.318 e. The van der Waals surface area contributed by atoms with Crippen molar-refractivity contribution in [3.63, 3.8) is 0 Å². The third-order valence-corrected chi connectivity index (χ3v) is 8.80. The number of hydrogen-bond acceptors (Lipinski definition) is 9. The molecule has 0 bridgehead atoms. The SMILES string of the molecule is CCCCOc1ccc(C[C@@H]2NC(=O)COCCOCCNC(=O)[C@H](Cc3ccc(OCCCC)cc3)NC(=O)N3CCCC3C(=O)NNC2=O)cc1. The van der Waals surface area contributed by atoms with Crippen LogP contribution in [0.3, 0.4) is 0 Å². The largest absolute Gasteiger partial charge is 0.494 e. The molecule has 5 N–H and O–H groups in total. The quantitative estimate of drug-likeness (QED) is 0.204. The lowest BCUT2D eigenvalue weighted by Gasteiger charge is -2.27. The smallest absolute Gasteiger partial charge is 0.318 e. The normalized spacial score (nSPS) is 21.2. The van der Waals surface area contributed by atoms with Crippen molar-refractivity contribution in [2.75, 3.05) is 52.7 Å². The van der Waals surface area contributed by atoms with Gasteiger partial charge in [-0.25, -0.2) is 4.79 Å². The Balaban J connectivity index is 1.45. The van der Waals surface area contributed by atoms with Gasteiger partial charge >= 0.3 is 6.03 Å². The molecule has 6 amide bonds. The molecule has 2 heterocycles. The highest BCUT2D eigenvalue weighted by Crippen LogP contribution is 2.19. The van der Waals surface area contributed by atoms with E-state index in [1.54, 1.807) is 12.1 Å². The lowest BCUT2D eigenvalue weighted by atomic mass is 10.0. The van der Waals surface area contributed by atoms with E-state index >= 15 is 0 Å². The van der Waals surface area contributed by atoms with Crippen LogP contribution in [0.1, 0.15) is 63.5 Å². The predicted octanol–water partition coefficient (Wildman–Crippen LogP) is 2.17. The molecule has 2 aliphatic heterocycles. The Kier molecular flexibility index (Phi) is 17.2. The number of fused-ring (bicyclic) bond motifs is 1. The molecule has 0 aliphatic carbocycles. The number of unbranched alkanes of at least 4 members (excludes halogenated alkanes) is 2. The standard InChI is InChI=1S/C38H54N6O9/c1-3-5-19-52-29-13-9-27(10-14-29)24-31-35(46)39-17-21-50-22-23-51-26-34(45)40-32(25-28-11-15-30(16-12-28)53-20-6-4-2)36(47)42-43-37(48)33-8-7-18-44(33)38(49)41-31/h9-16,31-33H,3-8,17-26H2,1-2H3,(H,39,46)(H,40,45)(H,41,49)(H,42,47)(H,43,48)/t31-,32-,33?/m0/s1. The van der Waals surface area contributed by atoms with E-state index in [0.29, 0.717) is 31.8 Å². The van der Waals surface area contributed by atoms with Crippen LogP contribution < -0.4 is 36.3 Å². The molecule has 0 aromatic heterocycles. The van der Waals surface area contributed by atoms with Gasteiger partial charge in [-0.2, -0.15) is 0 Å². The van der Waals surface area contributed by atoms with Crippen LogP contribution in [-0.4, -0.2) is 105 Å². The number of urea groups is 1. The highest BCUT2D eigenvalue weighted by atomic mass is 16.5. The van der Waals surface area contributed by atoms with E-state index in [4.69, 9.17) is 18.9 Å². The summed E-state index contributed by atoms with van der Waals surface area (Å²) in [6.07, 6.45) is 5.12. The molecular formula is C38H54N6O9.